The zero-order valence-corrected chi connectivity index (χ0v) is 14.8. The molecule has 1 N–H and O–H groups in total. The molecule has 1 aliphatic carbocycles. The topological polar surface area (TPSA) is 83.2 Å². The second kappa shape index (κ2) is 7.34. The highest BCUT2D eigenvalue weighted by Gasteiger charge is 2.21. The average Bonchev–Trinajstić information content (AvgIpc) is 3.41. The van der Waals surface area contributed by atoms with Gasteiger partial charge in [0.15, 0.2) is 0 Å². The van der Waals surface area contributed by atoms with Crippen LogP contribution >= 0.6 is 0 Å². The predicted octanol–water partition coefficient (Wildman–Crippen LogP) is 2.49. The summed E-state index contributed by atoms with van der Waals surface area (Å²) in [4.78, 5) is 19.2. The lowest BCUT2D eigenvalue weighted by molar-refractivity contribution is 0.123. The van der Waals surface area contributed by atoms with Crippen LogP contribution in [-0.2, 0) is 4.74 Å². The largest absolute Gasteiger partial charge is 0.378 e. The van der Waals surface area contributed by atoms with E-state index in [0.29, 0.717) is 30.8 Å². The van der Waals surface area contributed by atoms with Crippen LogP contribution in [0.25, 0.3) is 11.0 Å². The normalized spacial score (nSPS) is 17.3. The van der Waals surface area contributed by atoms with Gasteiger partial charge in [0.25, 0.3) is 0 Å². The van der Waals surface area contributed by atoms with Crippen molar-refractivity contribution in [3.8, 4) is 6.07 Å². The molecule has 2 aliphatic rings. The van der Waals surface area contributed by atoms with E-state index in [0.717, 1.165) is 36.6 Å². The molecular formula is C19H23N5O2. The van der Waals surface area contributed by atoms with Crippen LogP contribution in [0.2, 0.25) is 0 Å². The van der Waals surface area contributed by atoms with Crippen LogP contribution in [0, 0.1) is 17.2 Å². The molecule has 1 saturated heterocycles. The molecule has 0 unspecified atom stereocenters. The summed E-state index contributed by atoms with van der Waals surface area (Å²) in [6.07, 6.45) is 6.41. The van der Waals surface area contributed by atoms with Gasteiger partial charge < -0.3 is 15.0 Å². The average molecular weight is 353 g/mol. The van der Waals surface area contributed by atoms with E-state index in [1.165, 1.54) is 23.8 Å². The van der Waals surface area contributed by atoms with Crippen LogP contribution in [0.4, 0.5) is 10.5 Å². The number of benzene rings is 1. The number of morpholine rings is 1. The quantitative estimate of drug-likeness (QED) is 0.835. The zero-order valence-electron chi connectivity index (χ0n) is 14.8. The molecule has 0 radical (unpaired) electrons. The third kappa shape index (κ3) is 3.51. The Balaban J connectivity index is 1.57. The van der Waals surface area contributed by atoms with Gasteiger partial charge in [0.2, 0.25) is 0 Å². The van der Waals surface area contributed by atoms with E-state index >= 15 is 0 Å². The van der Waals surface area contributed by atoms with Crippen LogP contribution in [0.5, 0.6) is 0 Å². The Morgan fingerprint density at radius 3 is 2.88 bits per heavy atom. The number of nitrogens with one attached hydrogen (secondary N) is 1. The number of fused-ring (bicyclic) bond motifs is 1. The minimum absolute atomic E-state index is 0.189. The van der Waals surface area contributed by atoms with Crippen molar-refractivity contribution < 1.29 is 9.53 Å². The Bertz CT molecular complexity index is 843. The Morgan fingerprint density at radius 2 is 2.15 bits per heavy atom. The van der Waals surface area contributed by atoms with Crippen LogP contribution in [0.15, 0.2) is 18.5 Å². The first-order valence-corrected chi connectivity index (χ1v) is 9.28. The molecule has 1 aromatic heterocycles. The molecular weight excluding hydrogens is 330 g/mol. The molecule has 0 atom stereocenters. The van der Waals surface area contributed by atoms with E-state index < -0.39 is 0 Å². The maximum absolute atomic E-state index is 12.6. The fraction of sp³-hybridized carbons (Fsp3) is 0.526. The molecule has 7 heteroatoms. The number of nitriles is 1. The highest BCUT2D eigenvalue weighted by Crippen LogP contribution is 2.33. The van der Waals surface area contributed by atoms with Gasteiger partial charge >= 0.3 is 6.03 Å². The first kappa shape index (κ1) is 16.9. The summed E-state index contributed by atoms with van der Waals surface area (Å²) in [6, 6.07) is 5.58. The monoisotopic (exact) mass is 353 g/mol. The van der Waals surface area contributed by atoms with Crippen molar-refractivity contribution >= 4 is 22.8 Å². The third-order valence-corrected chi connectivity index (χ3v) is 5.09. The summed E-state index contributed by atoms with van der Waals surface area (Å²) in [7, 11) is 0. The minimum Gasteiger partial charge on any atom is -0.378 e. The van der Waals surface area contributed by atoms with Crippen molar-refractivity contribution in [2.24, 2.45) is 5.92 Å². The lowest BCUT2D eigenvalue weighted by Gasteiger charge is -2.29. The smallest absolute Gasteiger partial charge is 0.327 e. The maximum atomic E-state index is 12.6. The predicted molar refractivity (Wildman–Crippen MR) is 98.2 cm³/mol. The number of ether oxygens (including phenoxy) is 1. The second-order valence-electron chi connectivity index (χ2n) is 7.01. The molecule has 1 saturated carbocycles. The molecule has 136 valence electrons. The summed E-state index contributed by atoms with van der Waals surface area (Å²) in [5.41, 5.74) is 2.84. The van der Waals surface area contributed by atoms with Crippen molar-refractivity contribution in [2.45, 2.75) is 25.7 Å². The molecule has 26 heavy (non-hydrogen) atoms. The van der Waals surface area contributed by atoms with Crippen molar-refractivity contribution in [2.75, 3.05) is 37.7 Å². The standard InChI is InChI=1S/C19H23N5O2/c20-12-15-10-16(23-6-8-26-9-7-23)18-17(11-15)24(13-22-18)19(25)21-5-1-2-14-3-4-14/h10-11,13-14H,1-9H2,(H,21,25). The second-order valence-corrected chi connectivity index (χ2v) is 7.01. The van der Waals surface area contributed by atoms with Gasteiger partial charge in [0.1, 0.15) is 11.8 Å². The van der Waals surface area contributed by atoms with Gasteiger partial charge in [-0.2, -0.15) is 5.26 Å². The van der Waals surface area contributed by atoms with E-state index in [1.807, 2.05) is 6.07 Å². The molecule has 1 aliphatic heterocycles. The van der Waals surface area contributed by atoms with Gasteiger partial charge in [-0.1, -0.05) is 12.8 Å². The first-order valence-electron chi connectivity index (χ1n) is 9.28. The number of rotatable bonds is 5. The molecule has 2 aromatic rings. The molecule has 7 nitrogen and oxygen atoms in total. The zero-order chi connectivity index (χ0) is 17.9. The number of hydrogen-bond donors (Lipinski definition) is 1. The van der Waals surface area contributed by atoms with Gasteiger partial charge in [-0.25, -0.2) is 9.78 Å². The molecule has 4 rings (SSSR count). The summed E-state index contributed by atoms with van der Waals surface area (Å²) < 4.78 is 6.92. The van der Waals surface area contributed by atoms with Gasteiger partial charge in [-0.15, -0.1) is 0 Å². The van der Waals surface area contributed by atoms with Crippen LogP contribution in [-0.4, -0.2) is 48.4 Å². The van der Waals surface area contributed by atoms with E-state index in [1.54, 1.807) is 12.4 Å². The van der Waals surface area contributed by atoms with Crippen molar-refractivity contribution in [1.82, 2.24) is 14.9 Å². The van der Waals surface area contributed by atoms with Gasteiger partial charge in [-0.05, 0) is 30.9 Å². The summed E-state index contributed by atoms with van der Waals surface area (Å²) in [6.45, 7) is 3.48. The number of carbonyl (C=O) groups excluding carboxylic acids is 1. The van der Waals surface area contributed by atoms with Crippen LogP contribution in [0.1, 0.15) is 31.2 Å². The van der Waals surface area contributed by atoms with E-state index in [2.05, 4.69) is 21.3 Å². The summed E-state index contributed by atoms with van der Waals surface area (Å²) >= 11 is 0. The fourth-order valence-corrected chi connectivity index (χ4v) is 3.45. The highest BCUT2D eigenvalue weighted by atomic mass is 16.5. The molecule has 1 amide bonds. The fourth-order valence-electron chi connectivity index (χ4n) is 3.45. The number of amides is 1. The Hall–Kier alpha value is -2.59. The van der Waals surface area contributed by atoms with Crippen molar-refractivity contribution in [1.29, 1.82) is 5.26 Å². The van der Waals surface area contributed by atoms with Crippen LogP contribution < -0.4 is 10.2 Å². The SMILES string of the molecule is N#Cc1cc(N2CCOCC2)c2ncn(C(=O)NCCCC3CC3)c2c1. The molecule has 2 heterocycles. The number of carbonyl (C=O) groups is 1. The first-order chi connectivity index (χ1) is 12.8. The Morgan fingerprint density at radius 1 is 1.35 bits per heavy atom. The Kier molecular flexibility index (Phi) is 4.76. The molecule has 1 aromatic carbocycles. The molecule has 2 fully saturated rings. The van der Waals surface area contributed by atoms with E-state index in [4.69, 9.17) is 4.74 Å². The summed E-state index contributed by atoms with van der Waals surface area (Å²) in [5.74, 6) is 0.871. The number of hydrogen-bond acceptors (Lipinski definition) is 5. The Labute approximate surface area is 152 Å². The number of anilines is 1. The number of imidazole rings is 1. The van der Waals surface area contributed by atoms with E-state index in [-0.39, 0.29) is 6.03 Å². The number of aromatic nitrogens is 2. The van der Waals surface area contributed by atoms with Crippen molar-refractivity contribution in [3.63, 3.8) is 0 Å². The van der Waals surface area contributed by atoms with Crippen molar-refractivity contribution in [3.05, 3.63) is 24.0 Å². The lowest BCUT2D eigenvalue weighted by Crippen LogP contribution is -2.36. The van der Waals surface area contributed by atoms with Crippen LogP contribution in [0.3, 0.4) is 0 Å². The van der Waals surface area contributed by atoms with Gasteiger partial charge in [0.05, 0.1) is 36.1 Å². The molecule has 0 spiro atoms. The number of nitrogens with zero attached hydrogens (tertiary/aromatic N) is 4. The lowest BCUT2D eigenvalue weighted by atomic mass is 10.1. The minimum atomic E-state index is -0.189. The highest BCUT2D eigenvalue weighted by molar-refractivity contribution is 5.96. The van der Waals surface area contributed by atoms with Gasteiger partial charge in [-0.3, -0.25) is 4.57 Å². The van der Waals surface area contributed by atoms with E-state index in [9.17, 15) is 10.1 Å². The van der Waals surface area contributed by atoms with Gasteiger partial charge in [0, 0.05) is 19.6 Å². The summed E-state index contributed by atoms with van der Waals surface area (Å²) in [5, 5.41) is 12.4. The molecule has 0 bridgehead atoms. The third-order valence-electron chi connectivity index (χ3n) is 5.09. The maximum Gasteiger partial charge on any atom is 0.327 e.